The van der Waals surface area contributed by atoms with Crippen molar-refractivity contribution in [2.45, 2.75) is 6.61 Å². The van der Waals surface area contributed by atoms with Crippen molar-refractivity contribution in [3.8, 4) is 16.9 Å². The maximum atomic E-state index is 14.3. The van der Waals surface area contributed by atoms with Crippen LogP contribution in [0.5, 0.6) is 5.75 Å². The van der Waals surface area contributed by atoms with Gasteiger partial charge >= 0.3 is 5.97 Å². The van der Waals surface area contributed by atoms with Crippen LogP contribution >= 0.6 is 0 Å². The molecule has 25 heavy (non-hydrogen) atoms. The molecule has 0 aromatic heterocycles. The predicted octanol–water partition coefficient (Wildman–Crippen LogP) is 4.91. The number of carboxylic acids is 1. The van der Waals surface area contributed by atoms with Gasteiger partial charge in [-0.25, -0.2) is 13.6 Å². The molecule has 0 aliphatic carbocycles. The Kier molecular flexibility index (Phi) is 4.75. The van der Waals surface area contributed by atoms with Crippen LogP contribution < -0.4 is 4.74 Å². The smallest absolute Gasteiger partial charge is 0.338 e. The first-order valence-electron chi connectivity index (χ1n) is 7.54. The normalized spacial score (nSPS) is 10.5. The van der Waals surface area contributed by atoms with Gasteiger partial charge < -0.3 is 9.84 Å². The molecule has 3 aromatic rings. The van der Waals surface area contributed by atoms with Gasteiger partial charge in [-0.1, -0.05) is 48.5 Å². The van der Waals surface area contributed by atoms with E-state index >= 15 is 0 Å². The molecule has 0 spiro atoms. The first-order valence-corrected chi connectivity index (χ1v) is 7.54. The van der Waals surface area contributed by atoms with Crippen LogP contribution in [0.1, 0.15) is 15.9 Å². The van der Waals surface area contributed by atoms with Crippen molar-refractivity contribution in [3.63, 3.8) is 0 Å². The van der Waals surface area contributed by atoms with E-state index in [1.807, 2.05) is 30.3 Å². The van der Waals surface area contributed by atoms with Crippen LogP contribution in [0, 0.1) is 11.6 Å². The van der Waals surface area contributed by atoms with Crippen molar-refractivity contribution < 1.29 is 23.4 Å². The van der Waals surface area contributed by atoms with Crippen LogP contribution in [0.2, 0.25) is 0 Å². The monoisotopic (exact) mass is 340 g/mol. The van der Waals surface area contributed by atoms with Crippen LogP contribution in [-0.2, 0) is 6.61 Å². The first kappa shape index (κ1) is 16.6. The zero-order chi connectivity index (χ0) is 17.8. The van der Waals surface area contributed by atoms with Crippen LogP contribution in [0.15, 0.2) is 66.7 Å². The Morgan fingerprint density at radius 1 is 0.880 bits per heavy atom. The lowest BCUT2D eigenvalue weighted by molar-refractivity contribution is 0.0691. The Hall–Kier alpha value is -3.21. The Bertz CT molecular complexity index is 908. The van der Waals surface area contributed by atoms with E-state index in [9.17, 15) is 13.6 Å². The fourth-order valence-corrected chi connectivity index (χ4v) is 2.47. The number of carboxylic acid groups (broad SMARTS) is 1. The second-order valence-corrected chi connectivity index (χ2v) is 5.39. The summed E-state index contributed by atoms with van der Waals surface area (Å²) in [5.41, 5.74) is 0.534. The highest BCUT2D eigenvalue weighted by molar-refractivity contribution is 5.89. The third kappa shape index (κ3) is 3.66. The Morgan fingerprint density at radius 3 is 2.28 bits per heavy atom. The molecule has 0 fully saturated rings. The average molecular weight is 340 g/mol. The first-order chi connectivity index (χ1) is 12.1. The van der Waals surface area contributed by atoms with Gasteiger partial charge in [0, 0.05) is 11.1 Å². The zero-order valence-corrected chi connectivity index (χ0v) is 13.1. The van der Waals surface area contributed by atoms with E-state index in [1.165, 1.54) is 0 Å². The maximum Gasteiger partial charge on any atom is 0.338 e. The highest BCUT2D eigenvalue weighted by Gasteiger charge is 2.18. The van der Waals surface area contributed by atoms with Gasteiger partial charge in [0.15, 0.2) is 0 Å². The topological polar surface area (TPSA) is 46.5 Å². The number of halogens is 2. The molecule has 0 saturated heterocycles. The van der Waals surface area contributed by atoms with E-state index in [1.54, 1.807) is 24.3 Å². The molecule has 3 nitrogen and oxygen atoms in total. The Morgan fingerprint density at radius 2 is 1.56 bits per heavy atom. The second kappa shape index (κ2) is 7.13. The number of ether oxygens (including phenoxy) is 1. The van der Waals surface area contributed by atoms with E-state index in [0.29, 0.717) is 17.4 Å². The van der Waals surface area contributed by atoms with Crippen molar-refractivity contribution >= 4 is 5.97 Å². The van der Waals surface area contributed by atoms with Crippen LogP contribution in [0.3, 0.4) is 0 Å². The van der Waals surface area contributed by atoms with E-state index in [2.05, 4.69) is 0 Å². The minimum atomic E-state index is -1.52. The summed E-state index contributed by atoms with van der Waals surface area (Å²) in [6.45, 7) is 0.273. The number of hydrogen-bond acceptors (Lipinski definition) is 2. The van der Waals surface area contributed by atoms with E-state index in [0.717, 1.165) is 11.6 Å². The standard InChI is InChI=1S/C20H14F2O3/c21-17-11-16(20(23)24)18(22)10-15(17)14-8-4-5-9-19(14)25-12-13-6-2-1-3-7-13/h1-11H,12H2,(H,23,24). The van der Waals surface area contributed by atoms with Crippen LogP contribution in [0.4, 0.5) is 8.78 Å². The molecule has 0 aliphatic rings. The maximum absolute atomic E-state index is 14.3. The average Bonchev–Trinajstić information content (AvgIpc) is 2.62. The summed E-state index contributed by atoms with van der Waals surface area (Å²) >= 11 is 0. The van der Waals surface area contributed by atoms with Gasteiger partial charge in [-0.05, 0) is 23.8 Å². The molecule has 0 amide bonds. The third-order valence-corrected chi connectivity index (χ3v) is 3.70. The number of hydrogen-bond donors (Lipinski definition) is 1. The molecule has 1 N–H and O–H groups in total. The molecule has 0 bridgehead atoms. The quantitative estimate of drug-likeness (QED) is 0.718. The predicted molar refractivity (Wildman–Crippen MR) is 89.5 cm³/mol. The number of carbonyl (C=O) groups is 1. The lowest BCUT2D eigenvalue weighted by atomic mass is 10.0. The molecule has 0 saturated carbocycles. The number of aromatic carboxylic acids is 1. The highest BCUT2D eigenvalue weighted by atomic mass is 19.1. The largest absolute Gasteiger partial charge is 0.488 e. The zero-order valence-electron chi connectivity index (χ0n) is 13.1. The SMILES string of the molecule is O=C(O)c1cc(F)c(-c2ccccc2OCc2ccccc2)cc1F. The molecule has 5 heteroatoms. The summed E-state index contributed by atoms with van der Waals surface area (Å²) in [4.78, 5) is 10.9. The van der Waals surface area contributed by atoms with Crippen molar-refractivity contribution in [2.75, 3.05) is 0 Å². The molecule has 0 atom stereocenters. The van der Waals surface area contributed by atoms with E-state index in [4.69, 9.17) is 9.84 Å². The van der Waals surface area contributed by atoms with Gasteiger partial charge in [0.05, 0.1) is 5.56 Å². The van der Waals surface area contributed by atoms with Crippen molar-refractivity contribution in [3.05, 3.63) is 89.5 Å². The van der Waals surface area contributed by atoms with Gasteiger partial charge in [-0.2, -0.15) is 0 Å². The van der Waals surface area contributed by atoms with Crippen molar-refractivity contribution in [1.82, 2.24) is 0 Å². The fraction of sp³-hybridized carbons (Fsp3) is 0.0500. The Labute approximate surface area is 143 Å². The molecular weight excluding hydrogens is 326 g/mol. The van der Waals surface area contributed by atoms with Gasteiger partial charge in [0.2, 0.25) is 0 Å². The third-order valence-electron chi connectivity index (χ3n) is 3.70. The summed E-state index contributed by atoms with van der Waals surface area (Å²) in [5, 5.41) is 8.89. The molecule has 0 aliphatic heterocycles. The molecular formula is C20H14F2O3. The van der Waals surface area contributed by atoms with E-state index < -0.39 is 23.2 Å². The van der Waals surface area contributed by atoms with Gasteiger partial charge in [-0.15, -0.1) is 0 Å². The van der Waals surface area contributed by atoms with E-state index in [-0.39, 0.29) is 12.2 Å². The number of para-hydroxylation sites is 1. The molecule has 0 unspecified atom stereocenters. The summed E-state index contributed by atoms with van der Waals surface area (Å²) in [6, 6.07) is 17.6. The molecule has 126 valence electrons. The summed E-state index contributed by atoms with van der Waals surface area (Å²) in [7, 11) is 0. The minimum absolute atomic E-state index is 0.0499. The van der Waals surface area contributed by atoms with Gasteiger partial charge in [0.25, 0.3) is 0 Å². The number of benzene rings is 3. The molecule has 0 radical (unpaired) electrons. The molecule has 0 heterocycles. The van der Waals surface area contributed by atoms with Crippen molar-refractivity contribution in [2.24, 2.45) is 0 Å². The van der Waals surface area contributed by atoms with Crippen molar-refractivity contribution in [1.29, 1.82) is 0 Å². The lowest BCUT2D eigenvalue weighted by Gasteiger charge is -2.13. The summed E-state index contributed by atoms with van der Waals surface area (Å²) in [6.07, 6.45) is 0. The lowest BCUT2D eigenvalue weighted by Crippen LogP contribution is -2.03. The molecule has 3 rings (SSSR count). The second-order valence-electron chi connectivity index (χ2n) is 5.39. The minimum Gasteiger partial charge on any atom is -0.488 e. The van der Waals surface area contributed by atoms with Gasteiger partial charge in [-0.3, -0.25) is 0 Å². The fourth-order valence-electron chi connectivity index (χ4n) is 2.47. The molecule has 3 aromatic carbocycles. The Balaban J connectivity index is 1.96. The summed E-state index contributed by atoms with van der Waals surface area (Å²) < 4.78 is 34.0. The number of rotatable bonds is 5. The van der Waals surface area contributed by atoms with Crippen LogP contribution in [0.25, 0.3) is 11.1 Å². The highest BCUT2D eigenvalue weighted by Crippen LogP contribution is 2.33. The van der Waals surface area contributed by atoms with Gasteiger partial charge in [0.1, 0.15) is 24.0 Å². The van der Waals surface area contributed by atoms with Crippen LogP contribution in [-0.4, -0.2) is 11.1 Å². The summed E-state index contributed by atoms with van der Waals surface area (Å²) in [5.74, 6) is -2.96.